The average Bonchev–Trinajstić information content (AvgIpc) is 2.53. The molecule has 1 N–H and O–H groups in total. The van der Waals surface area contributed by atoms with Gasteiger partial charge in [-0.1, -0.05) is 18.2 Å². The van der Waals surface area contributed by atoms with Gasteiger partial charge in [0.1, 0.15) is 0 Å². The molecule has 2 heteroatoms. The first kappa shape index (κ1) is 7.77. The average molecular weight is 163 g/mol. The summed E-state index contributed by atoms with van der Waals surface area (Å²) in [6.45, 7) is 2.51. The van der Waals surface area contributed by atoms with Crippen LogP contribution in [0.1, 0.15) is 16.7 Å². The van der Waals surface area contributed by atoms with Crippen LogP contribution in [0.15, 0.2) is 18.2 Å². The molecular formula is C10H13NO. The lowest BCUT2D eigenvalue weighted by Crippen LogP contribution is -2.07. The topological polar surface area (TPSA) is 21.3 Å². The molecule has 0 radical (unpaired) electrons. The predicted octanol–water partition coefficient (Wildman–Crippen LogP) is 1.44. The first-order valence-electron chi connectivity index (χ1n) is 4.24. The van der Waals surface area contributed by atoms with E-state index in [-0.39, 0.29) is 0 Å². The Kier molecular flexibility index (Phi) is 2.11. The molecular weight excluding hydrogens is 150 g/mol. The Balaban J connectivity index is 2.36. The lowest BCUT2D eigenvalue weighted by molar-refractivity contribution is 0.134. The maximum Gasteiger partial charge on any atom is 0.0728 e. The summed E-state index contributed by atoms with van der Waals surface area (Å²) < 4.78 is 5.37. The lowest BCUT2D eigenvalue weighted by atomic mass is 10.0. The normalized spacial score (nSPS) is 14.8. The molecule has 64 valence electrons. The smallest absolute Gasteiger partial charge is 0.0728 e. The lowest BCUT2D eigenvalue weighted by Gasteiger charge is -2.05. The molecule has 0 spiro atoms. The third kappa shape index (κ3) is 1.24. The summed E-state index contributed by atoms with van der Waals surface area (Å²) in [5.41, 5.74) is 4.10. The van der Waals surface area contributed by atoms with Crippen molar-refractivity contribution in [3.05, 3.63) is 34.9 Å². The molecule has 0 aliphatic carbocycles. The van der Waals surface area contributed by atoms with Crippen molar-refractivity contribution in [2.75, 3.05) is 7.05 Å². The Hall–Kier alpha value is -0.860. The highest BCUT2D eigenvalue weighted by Gasteiger charge is 2.13. The summed E-state index contributed by atoms with van der Waals surface area (Å²) >= 11 is 0. The standard InChI is InChI=1S/C10H13NO/c1-11-5-8-3-2-4-9-6-12-7-10(8)9/h2-4,11H,5-7H2,1H3. The highest BCUT2D eigenvalue weighted by Crippen LogP contribution is 2.22. The van der Waals surface area contributed by atoms with Gasteiger partial charge in [0.15, 0.2) is 0 Å². The summed E-state index contributed by atoms with van der Waals surface area (Å²) in [5.74, 6) is 0. The second kappa shape index (κ2) is 3.25. The first-order valence-corrected chi connectivity index (χ1v) is 4.24. The molecule has 0 bridgehead atoms. The zero-order valence-corrected chi connectivity index (χ0v) is 7.26. The van der Waals surface area contributed by atoms with E-state index in [2.05, 4.69) is 23.5 Å². The van der Waals surface area contributed by atoms with Crippen LogP contribution in [-0.2, 0) is 24.5 Å². The van der Waals surface area contributed by atoms with Gasteiger partial charge >= 0.3 is 0 Å². The molecule has 0 aromatic heterocycles. The fraction of sp³-hybridized carbons (Fsp3) is 0.400. The highest BCUT2D eigenvalue weighted by atomic mass is 16.5. The van der Waals surface area contributed by atoms with Gasteiger partial charge in [0.05, 0.1) is 13.2 Å². The van der Waals surface area contributed by atoms with Crippen molar-refractivity contribution < 1.29 is 4.74 Å². The molecule has 0 unspecified atom stereocenters. The van der Waals surface area contributed by atoms with Crippen LogP contribution < -0.4 is 5.32 Å². The molecule has 2 nitrogen and oxygen atoms in total. The quantitative estimate of drug-likeness (QED) is 0.712. The van der Waals surface area contributed by atoms with Gasteiger partial charge < -0.3 is 10.1 Å². The minimum atomic E-state index is 0.785. The summed E-state index contributed by atoms with van der Waals surface area (Å²) in [4.78, 5) is 0. The van der Waals surface area contributed by atoms with Crippen molar-refractivity contribution in [3.8, 4) is 0 Å². The van der Waals surface area contributed by atoms with Crippen LogP contribution in [0, 0.1) is 0 Å². The highest BCUT2D eigenvalue weighted by molar-refractivity contribution is 5.36. The fourth-order valence-electron chi connectivity index (χ4n) is 1.63. The molecule has 1 aromatic rings. The molecule has 0 saturated heterocycles. The van der Waals surface area contributed by atoms with E-state index >= 15 is 0 Å². The maximum atomic E-state index is 5.37. The third-order valence-electron chi connectivity index (χ3n) is 2.24. The van der Waals surface area contributed by atoms with Crippen LogP contribution in [0.3, 0.4) is 0 Å². The zero-order valence-electron chi connectivity index (χ0n) is 7.26. The Morgan fingerprint density at radius 2 is 2.33 bits per heavy atom. The van der Waals surface area contributed by atoms with Gasteiger partial charge in [-0.2, -0.15) is 0 Å². The van der Waals surface area contributed by atoms with E-state index in [9.17, 15) is 0 Å². The molecule has 0 atom stereocenters. The van der Waals surface area contributed by atoms with E-state index in [1.165, 1.54) is 16.7 Å². The number of benzene rings is 1. The number of fused-ring (bicyclic) bond motifs is 1. The molecule has 2 rings (SSSR count). The molecule has 0 saturated carbocycles. The third-order valence-corrected chi connectivity index (χ3v) is 2.24. The summed E-state index contributed by atoms with van der Waals surface area (Å²) in [6, 6.07) is 6.39. The molecule has 12 heavy (non-hydrogen) atoms. The Morgan fingerprint density at radius 1 is 1.42 bits per heavy atom. The second-order valence-electron chi connectivity index (χ2n) is 3.08. The fourth-order valence-corrected chi connectivity index (χ4v) is 1.63. The van der Waals surface area contributed by atoms with E-state index in [4.69, 9.17) is 4.74 Å². The second-order valence-corrected chi connectivity index (χ2v) is 3.08. The predicted molar refractivity (Wildman–Crippen MR) is 47.7 cm³/mol. The maximum absolute atomic E-state index is 5.37. The van der Waals surface area contributed by atoms with Crippen molar-refractivity contribution in [1.82, 2.24) is 5.32 Å². The minimum Gasteiger partial charge on any atom is -0.372 e. The van der Waals surface area contributed by atoms with Gasteiger partial charge in [0.2, 0.25) is 0 Å². The number of ether oxygens (including phenoxy) is 1. The molecule has 0 fully saturated rings. The van der Waals surface area contributed by atoms with Crippen molar-refractivity contribution in [2.45, 2.75) is 19.8 Å². The number of hydrogen-bond acceptors (Lipinski definition) is 2. The van der Waals surface area contributed by atoms with E-state index in [1.807, 2.05) is 7.05 Å². The molecule has 1 heterocycles. The van der Waals surface area contributed by atoms with Crippen LogP contribution in [0.5, 0.6) is 0 Å². The van der Waals surface area contributed by atoms with Crippen molar-refractivity contribution in [2.24, 2.45) is 0 Å². The van der Waals surface area contributed by atoms with Gasteiger partial charge in [0, 0.05) is 6.54 Å². The molecule has 0 amide bonds. The van der Waals surface area contributed by atoms with Crippen LogP contribution >= 0.6 is 0 Å². The van der Waals surface area contributed by atoms with E-state index in [1.54, 1.807) is 0 Å². The van der Waals surface area contributed by atoms with Crippen LogP contribution in [0.2, 0.25) is 0 Å². The van der Waals surface area contributed by atoms with Gasteiger partial charge in [-0.3, -0.25) is 0 Å². The van der Waals surface area contributed by atoms with Gasteiger partial charge in [-0.25, -0.2) is 0 Å². The van der Waals surface area contributed by atoms with Gasteiger partial charge in [-0.05, 0) is 23.7 Å². The van der Waals surface area contributed by atoms with Crippen LogP contribution in [-0.4, -0.2) is 7.05 Å². The zero-order chi connectivity index (χ0) is 8.39. The summed E-state index contributed by atoms with van der Waals surface area (Å²) in [7, 11) is 1.97. The molecule has 1 aromatic carbocycles. The van der Waals surface area contributed by atoms with E-state index in [0.29, 0.717) is 0 Å². The van der Waals surface area contributed by atoms with Crippen LogP contribution in [0.4, 0.5) is 0 Å². The van der Waals surface area contributed by atoms with Crippen molar-refractivity contribution in [1.29, 1.82) is 0 Å². The summed E-state index contributed by atoms with van der Waals surface area (Å²) in [6.07, 6.45) is 0. The number of rotatable bonds is 2. The SMILES string of the molecule is CNCc1cccc2c1COC2. The summed E-state index contributed by atoms with van der Waals surface area (Å²) in [5, 5.41) is 3.16. The molecule has 1 aliphatic heterocycles. The monoisotopic (exact) mass is 163 g/mol. The van der Waals surface area contributed by atoms with Crippen molar-refractivity contribution >= 4 is 0 Å². The molecule has 1 aliphatic rings. The van der Waals surface area contributed by atoms with E-state index in [0.717, 1.165) is 19.8 Å². The number of hydrogen-bond donors (Lipinski definition) is 1. The first-order chi connectivity index (χ1) is 5.92. The Labute approximate surface area is 72.5 Å². The largest absolute Gasteiger partial charge is 0.372 e. The minimum absolute atomic E-state index is 0.785. The Bertz CT molecular complexity index is 283. The Morgan fingerprint density at radius 3 is 3.17 bits per heavy atom. The van der Waals surface area contributed by atoms with Gasteiger partial charge in [0.25, 0.3) is 0 Å². The van der Waals surface area contributed by atoms with Crippen molar-refractivity contribution in [3.63, 3.8) is 0 Å². The number of nitrogens with one attached hydrogen (secondary N) is 1. The van der Waals surface area contributed by atoms with Crippen LogP contribution in [0.25, 0.3) is 0 Å². The van der Waals surface area contributed by atoms with Gasteiger partial charge in [-0.15, -0.1) is 0 Å². The van der Waals surface area contributed by atoms with E-state index < -0.39 is 0 Å².